The van der Waals surface area contributed by atoms with Crippen molar-refractivity contribution in [2.45, 2.75) is 31.4 Å². The monoisotopic (exact) mass is 261 g/mol. The molecule has 0 aromatic heterocycles. The molecular weight excluding hydrogens is 246 g/mol. The van der Waals surface area contributed by atoms with E-state index in [1.165, 1.54) is 0 Å². The Morgan fingerprint density at radius 2 is 2.35 bits per heavy atom. The molecule has 0 aromatic carbocycles. The minimum Gasteiger partial charge on any atom is -0.480 e. The summed E-state index contributed by atoms with van der Waals surface area (Å²) in [5.41, 5.74) is 0. The van der Waals surface area contributed by atoms with E-state index >= 15 is 0 Å². The van der Waals surface area contributed by atoms with Crippen molar-refractivity contribution in [3.63, 3.8) is 0 Å². The lowest BCUT2D eigenvalue weighted by Crippen LogP contribution is -2.43. The second-order valence-electron chi connectivity index (χ2n) is 3.83. The van der Waals surface area contributed by atoms with E-state index in [1.54, 1.807) is 0 Å². The van der Waals surface area contributed by atoms with Gasteiger partial charge in [0.05, 0.1) is 11.9 Å². The lowest BCUT2D eigenvalue weighted by molar-refractivity contribution is -0.138. The molecule has 0 aromatic rings. The van der Waals surface area contributed by atoms with Gasteiger partial charge >= 0.3 is 5.97 Å². The van der Waals surface area contributed by atoms with Crippen LogP contribution in [-0.4, -0.2) is 44.0 Å². The van der Waals surface area contributed by atoms with E-state index in [4.69, 9.17) is 16.3 Å². The number of rotatable bonds is 6. The van der Waals surface area contributed by atoms with Gasteiger partial charge < -0.3 is 9.84 Å². The standard InChI is InChI=1S/C10H15NO5S/c1-2-4-9(10(12)13)11-17(14,15)7-8-5-3-6-16-8/h1,8-9,11H,3-7H2,(H,12,13). The zero-order valence-corrected chi connectivity index (χ0v) is 10.1. The maximum atomic E-state index is 11.7. The van der Waals surface area contributed by atoms with Gasteiger partial charge in [-0.3, -0.25) is 4.79 Å². The zero-order valence-electron chi connectivity index (χ0n) is 9.26. The molecule has 1 heterocycles. The van der Waals surface area contributed by atoms with Gasteiger partial charge in [0.1, 0.15) is 6.04 Å². The molecule has 2 N–H and O–H groups in total. The fourth-order valence-electron chi connectivity index (χ4n) is 1.58. The Bertz CT molecular complexity index is 405. The second-order valence-corrected chi connectivity index (χ2v) is 5.63. The summed E-state index contributed by atoms with van der Waals surface area (Å²) in [6.07, 6.45) is 5.94. The average Bonchev–Trinajstić information content (AvgIpc) is 2.68. The number of carboxylic acids is 1. The van der Waals surface area contributed by atoms with E-state index in [0.717, 1.165) is 6.42 Å². The Labute approximate surface area is 100 Å². The Kier molecular flexibility index (Phi) is 4.93. The number of nitrogens with one attached hydrogen (secondary N) is 1. The normalized spacial score (nSPS) is 21.9. The highest BCUT2D eigenvalue weighted by molar-refractivity contribution is 7.89. The minimum absolute atomic E-state index is 0.180. The first-order valence-corrected chi connectivity index (χ1v) is 6.87. The van der Waals surface area contributed by atoms with Crippen LogP contribution in [0.5, 0.6) is 0 Å². The van der Waals surface area contributed by atoms with Crippen LogP contribution in [0.1, 0.15) is 19.3 Å². The molecule has 6 nitrogen and oxygen atoms in total. The van der Waals surface area contributed by atoms with Crippen molar-refractivity contribution in [1.82, 2.24) is 4.72 Å². The molecule has 0 amide bonds. The highest BCUT2D eigenvalue weighted by atomic mass is 32.2. The predicted molar refractivity (Wildman–Crippen MR) is 60.8 cm³/mol. The minimum atomic E-state index is -3.68. The number of carbonyl (C=O) groups is 1. The SMILES string of the molecule is C#CCC(NS(=O)(=O)CC1CCCO1)C(=O)O. The van der Waals surface area contributed by atoms with Crippen LogP contribution in [-0.2, 0) is 19.6 Å². The highest BCUT2D eigenvalue weighted by Crippen LogP contribution is 2.13. The number of aliphatic carboxylic acids is 1. The van der Waals surface area contributed by atoms with E-state index in [1.807, 2.05) is 0 Å². The quantitative estimate of drug-likeness (QED) is 0.632. The fourth-order valence-corrected chi connectivity index (χ4v) is 3.05. The van der Waals surface area contributed by atoms with Crippen molar-refractivity contribution in [2.75, 3.05) is 12.4 Å². The number of terminal acetylenes is 1. The molecule has 0 spiro atoms. The third-order valence-corrected chi connectivity index (χ3v) is 3.83. The second kappa shape index (κ2) is 6.00. The van der Waals surface area contributed by atoms with Crippen molar-refractivity contribution in [3.05, 3.63) is 0 Å². The first-order chi connectivity index (χ1) is 7.94. The summed E-state index contributed by atoms with van der Waals surface area (Å²) in [5.74, 6) is 0.627. The first kappa shape index (κ1) is 14.0. The molecule has 0 saturated carbocycles. The molecule has 1 fully saturated rings. The van der Waals surface area contributed by atoms with Crippen LogP contribution >= 0.6 is 0 Å². The molecule has 1 aliphatic heterocycles. The maximum Gasteiger partial charge on any atom is 0.322 e. The molecule has 96 valence electrons. The predicted octanol–water partition coefficient (Wildman–Crippen LogP) is -0.439. The fraction of sp³-hybridized carbons (Fsp3) is 0.700. The van der Waals surface area contributed by atoms with Crippen LogP contribution in [0.25, 0.3) is 0 Å². The van der Waals surface area contributed by atoms with E-state index < -0.39 is 22.0 Å². The van der Waals surface area contributed by atoms with Crippen molar-refractivity contribution in [1.29, 1.82) is 0 Å². The number of ether oxygens (including phenoxy) is 1. The van der Waals surface area contributed by atoms with E-state index in [9.17, 15) is 13.2 Å². The summed E-state index contributed by atoms with van der Waals surface area (Å²) in [4.78, 5) is 10.8. The molecule has 1 saturated heterocycles. The van der Waals surface area contributed by atoms with Gasteiger partial charge in [-0.05, 0) is 12.8 Å². The smallest absolute Gasteiger partial charge is 0.322 e. The molecule has 17 heavy (non-hydrogen) atoms. The molecular formula is C10H15NO5S. The third kappa shape index (κ3) is 4.73. The lowest BCUT2D eigenvalue weighted by Gasteiger charge is -2.14. The Balaban J connectivity index is 2.57. The summed E-state index contributed by atoms with van der Waals surface area (Å²) in [6, 6.07) is -1.27. The molecule has 0 aliphatic carbocycles. The van der Waals surface area contributed by atoms with E-state index in [-0.39, 0.29) is 18.3 Å². The number of carboxylic acid groups (broad SMARTS) is 1. The molecule has 1 rings (SSSR count). The zero-order chi connectivity index (χ0) is 12.9. The van der Waals surface area contributed by atoms with Crippen LogP contribution in [0.3, 0.4) is 0 Å². The van der Waals surface area contributed by atoms with Crippen molar-refractivity contribution in [3.8, 4) is 12.3 Å². The highest BCUT2D eigenvalue weighted by Gasteiger charge is 2.27. The molecule has 1 aliphatic rings. The van der Waals surface area contributed by atoms with Crippen molar-refractivity contribution in [2.24, 2.45) is 0 Å². The molecule has 2 unspecified atom stereocenters. The van der Waals surface area contributed by atoms with Gasteiger partial charge in [0.2, 0.25) is 10.0 Å². The summed E-state index contributed by atoms with van der Waals surface area (Å²) < 4.78 is 30.6. The van der Waals surface area contributed by atoms with Crippen molar-refractivity contribution >= 4 is 16.0 Å². The van der Waals surface area contributed by atoms with Crippen molar-refractivity contribution < 1.29 is 23.1 Å². The largest absolute Gasteiger partial charge is 0.480 e. The summed E-state index contributed by atoms with van der Waals surface area (Å²) >= 11 is 0. The van der Waals surface area contributed by atoms with Gasteiger partial charge in [0.25, 0.3) is 0 Å². The molecule has 7 heteroatoms. The average molecular weight is 261 g/mol. The van der Waals surface area contributed by atoms with Crippen LogP contribution in [0.2, 0.25) is 0 Å². The summed E-state index contributed by atoms with van der Waals surface area (Å²) in [5, 5.41) is 8.77. The van der Waals surface area contributed by atoms with E-state index in [0.29, 0.717) is 13.0 Å². The van der Waals surface area contributed by atoms with Gasteiger partial charge in [-0.1, -0.05) is 0 Å². The third-order valence-electron chi connectivity index (χ3n) is 2.37. The van der Waals surface area contributed by atoms with Gasteiger partial charge in [-0.15, -0.1) is 12.3 Å². The lowest BCUT2D eigenvalue weighted by atomic mass is 10.2. The summed E-state index contributed by atoms with van der Waals surface area (Å²) in [6.45, 7) is 0.549. The van der Waals surface area contributed by atoms with Crippen LogP contribution in [0.15, 0.2) is 0 Å². The number of hydrogen-bond acceptors (Lipinski definition) is 4. The Morgan fingerprint density at radius 1 is 1.65 bits per heavy atom. The van der Waals surface area contributed by atoms with E-state index in [2.05, 4.69) is 10.6 Å². The maximum absolute atomic E-state index is 11.7. The number of hydrogen-bond donors (Lipinski definition) is 2. The van der Waals surface area contributed by atoms with Gasteiger partial charge in [-0.2, -0.15) is 4.72 Å². The summed E-state index contributed by atoms with van der Waals surface area (Å²) in [7, 11) is -3.68. The topological polar surface area (TPSA) is 92.7 Å². The van der Waals surface area contributed by atoms with Gasteiger partial charge in [-0.25, -0.2) is 8.42 Å². The van der Waals surface area contributed by atoms with Crippen LogP contribution < -0.4 is 4.72 Å². The molecule has 0 bridgehead atoms. The molecule has 0 radical (unpaired) electrons. The Morgan fingerprint density at radius 3 is 2.82 bits per heavy atom. The molecule has 2 atom stereocenters. The number of sulfonamides is 1. The van der Waals surface area contributed by atoms with Gasteiger partial charge in [0.15, 0.2) is 0 Å². The van der Waals surface area contributed by atoms with Crippen LogP contribution in [0.4, 0.5) is 0 Å². The van der Waals surface area contributed by atoms with Gasteiger partial charge in [0, 0.05) is 13.0 Å². The van der Waals surface area contributed by atoms with Crippen LogP contribution in [0, 0.1) is 12.3 Å². The Hall–Kier alpha value is -1.10. The first-order valence-electron chi connectivity index (χ1n) is 5.22.